The third-order valence-electron chi connectivity index (χ3n) is 2.28. The highest BCUT2D eigenvalue weighted by molar-refractivity contribution is 5.89. The van der Waals surface area contributed by atoms with E-state index in [0.717, 1.165) is 11.1 Å². The minimum absolute atomic E-state index is 0.0364. The Hall–Kier alpha value is -2.10. The van der Waals surface area contributed by atoms with Crippen molar-refractivity contribution in [1.82, 2.24) is 5.32 Å². The number of esters is 1. The molecule has 0 heterocycles. The highest BCUT2D eigenvalue weighted by Gasteiger charge is 2.05. The molecule has 0 radical (unpaired) electrons. The Bertz CT molecular complexity index is 461. The summed E-state index contributed by atoms with van der Waals surface area (Å²) in [5, 5.41) is 2.64. The molecule has 4 heteroatoms. The van der Waals surface area contributed by atoms with Crippen LogP contribution in [0.3, 0.4) is 0 Å². The zero-order valence-corrected chi connectivity index (χ0v) is 11.5. The summed E-state index contributed by atoms with van der Waals surface area (Å²) in [4.78, 5) is 22.6. The molecule has 0 fully saturated rings. The summed E-state index contributed by atoms with van der Waals surface area (Å²) in [5.41, 5.74) is 2.07. The lowest BCUT2D eigenvalue weighted by Crippen LogP contribution is -2.33. The number of hydrogen-bond acceptors (Lipinski definition) is 3. The van der Waals surface area contributed by atoms with E-state index in [1.165, 1.54) is 6.08 Å². The highest BCUT2D eigenvalue weighted by atomic mass is 16.5. The average Bonchev–Trinajstić information content (AvgIpc) is 2.35. The summed E-state index contributed by atoms with van der Waals surface area (Å²) < 4.78 is 4.81. The number of carbonyl (C=O) groups excluding carboxylic acids is 2. The smallest absolute Gasteiger partial charge is 0.331 e. The van der Waals surface area contributed by atoms with Crippen LogP contribution in [0.2, 0.25) is 0 Å². The molecule has 1 rings (SSSR count). The molecular formula is C15H19NO3. The SMILES string of the molecule is Cc1ccc(/C=C/C(=O)OCC(=O)NC(C)C)cc1. The lowest BCUT2D eigenvalue weighted by molar-refractivity contribution is -0.143. The molecule has 0 spiro atoms. The first-order valence-electron chi connectivity index (χ1n) is 6.18. The molecule has 0 aromatic heterocycles. The fraction of sp³-hybridized carbons (Fsp3) is 0.333. The van der Waals surface area contributed by atoms with Crippen molar-refractivity contribution in [3.05, 3.63) is 41.5 Å². The predicted molar refractivity (Wildman–Crippen MR) is 74.5 cm³/mol. The van der Waals surface area contributed by atoms with Crippen molar-refractivity contribution in [2.45, 2.75) is 26.8 Å². The van der Waals surface area contributed by atoms with Gasteiger partial charge >= 0.3 is 5.97 Å². The van der Waals surface area contributed by atoms with Gasteiger partial charge in [0.25, 0.3) is 5.91 Å². The maximum Gasteiger partial charge on any atom is 0.331 e. The maximum atomic E-state index is 11.4. The first-order valence-corrected chi connectivity index (χ1v) is 6.18. The van der Waals surface area contributed by atoms with Gasteiger partial charge in [-0.2, -0.15) is 0 Å². The van der Waals surface area contributed by atoms with Crippen molar-refractivity contribution < 1.29 is 14.3 Å². The van der Waals surface area contributed by atoms with Crippen molar-refractivity contribution >= 4 is 18.0 Å². The van der Waals surface area contributed by atoms with E-state index < -0.39 is 5.97 Å². The average molecular weight is 261 g/mol. The third-order valence-corrected chi connectivity index (χ3v) is 2.28. The second kappa shape index (κ2) is 7.36. The minimum Gasteiger partial charge on any atom is -0.452 e. The van der Waals surface area contributed by atoms with Gasteiger partial charge in [0.1, 0.15) is 0 Å². The number of hydrogen-bond donors (Lipinski definition) is 1. The summed E-state index contributed by atoms with van der Waals surface area (Å²) in [7, 11) is 0. The molecule has 0 saturated carbocycles. The normalized spacial score (nSPS) is 10.7. The number of ether oxygens (including phenoxy) is 1. The van der Waals surface area contributed by atoms with Crippen LogP contribution in [0.5, 0.6) is 0 Å². The minimum atomic E-state index is -0.528. The van der Waals surface area contributed by atoms with E-state index >= 15 is 0 Å². The topological polar surface area (TPSA) is 55.4 Å². The molecule has 0 saturated heterocycles. The van der Waals surface area contributed by atoms with Gasteiger partial charge in [-0.05, 0) is 32.4 Å². The van der Waals surface area contributed by atoms with Crippen molar-refractivity contribution in [3.8, 4) is 0 Å². The van der Waals surface area contributed by atoms with Gasteiger partial charge in [-0.3, -0.25) is 4.79 Å². The van der Waals surface area contributed by atoms with Crippen molar-refractivity contribution in [2.24, 2.45) is 0 Å². The molecule has 0 aliphatic rings. The van der Waals surface area contributed by atoms with E-state index in [0.29, 0.717) is 0 Å². The fourth-order valence-corrected chi connectivity index (χ4v) is 1.39. The van der Waals surface area contributed by atoms with Crippen molar-refractivity contribution in [1.29, 1.82) is 0 Å². The van der Waals surface area contributed by atoms with Gasteiger partial charge in [0.05, 0.1) is 0 Å². The molecule has 4 nitrogen and oxygen atoms in total. The Balaban J connectivity index is 2.39. The van der Waals surface area contributed by atoms with Crippen LogP contribution in [0.4, 0.5) is 0 Å². The van der Waals surface area contributed by atoms with Gasteiger partial charge in [-0.25, -0.2) is 4.79 Å². The van der Waals surface area contributed by atoms with Crippen LogP contribution in [-0.2, 0) is 14.3 Å². The standard InChI is InChI=1S/C15H19NO3/c1-11(2)16-14(17)10-19-15(18)9-8-13-6-4-12(3)5-7-13/h4-9,11H,10H2,1-3H3,(H,16,17)/b9-8+. The van der Waals surface area contributed by atoms with Crippen LogP contribution in [-0.4, -0.2) is 24.5 Å². The van der Waals surface area contributed by atoms with E-state index in [9.17, 15) is 9.59 Å². The Labute approximate surface area is 113 Å². The first-order chi connectivity index (χ1) is 8.97. The van der Waals surface area contributed by atoms with Crippen LogP contribution in [0.25, 0.3) is 6.08 Å². The van der Waals surface area contributed by atoms with Gasteiger partial charge in [-0.1, -0.05) is 29.8 Å². The summed E-state index contributed by atoms with van der Waals surface area (Å²) in [6.07, 6.45) is 2.97. The molecular weight excluding hydrogens is 242 g/mol. The van der Waals surface area contributed by atoms with Gasteiger partial charge in [0.15, 0.2) is 6.61 Å². The van der Waals surface area contributed by atoms with Crippen LogP contribution in [0.1, 0.15) is 25.0 Å². The van der Waals surface area contributed by atoms with Crippen LogP contribution < -0.4 is 5.32 Å². The molecule has 0 aliphatic heterocycles. The molecule has 1 aromatic rings. The fourth-order valence-electron chi connectivity index (χ4n) is 1.39. The number of rotatable bonds is 5. The number of benzene rings is 1. The number of nitrogens with one attached hydrogen (secondary N) is 1. The Morgan fingerprint density at radius 2 is 1.89 bits per heavy atom. The first kappa shape index (κ1) is 15.0. The number of aryl methyl sites for hydroxylation is 1. The second-order valence-electron chi connectivity index (χ2n) is 4.57. The maximum absolute atomic E-state index is 11.4. The summed E-state index contributed by atoms with van der Waals surface area (Å²) >= 11 is 0. The lowest BCUT2D eigenvalue weighted by Gasteiger charge is -2.07. The molecule has 0 unspecified atom stereocenters. The second-order valence-corrected chi connectivity index (χ2v) is 4.57. The zero-order chi connectivity index (χ0) is 14.3. The molecule has 0 atom stereocenters. The summed E-state index contributed by atoms with van der Waals surface area (Å²) in [5.74, 6) is -0.827. The number of carbonyl (C=O) groups is 2. The molecule has 1 aromatic carbocycles. The van der Waals surface area contributed by atoms with Crippen LogP contribution in [0, 0.1) is 6.92 Å². The van der Waals surface area contributed by atoms with Crippen LogP contribution in [0.15, 0.2) is 30.3 Å². The molecule has 0 bridgehead atoms. The zero-order valence-electron chi connectivity index (χ0n) is 11.5. The van der Waals surface area contributed by atoms with Crippen LogP contribution >= 0.6 is 0 Å². The summed E-state index contributed by atoms with van der Waals surface area (Å²) in [6, 6.07) is 7.77. The molecule has 1 amide bonds. The van der Waals surface area contributed by atoms with E-state index in [-0.39, 0.29) is 18.6 Å². The van der Waals surface area contributed by atoms with E-state index in [1.54, 1.807) is 6.08 Å². The van der Waals surface area contributed by atoms with E-state index in [1.807, 2.05) is 45.0 Å². The van der Waals surface area contributed by atoms with Crippen molar-refractivity contribution in [3.63, 3.8) is 0 Å². The summed E-state index contributed by atoms with van der Waals surface area (Å²) in [6.45, 7) is 5.43. The Kier molecular flexibility index (Phi) is 5.79. The molecule has 102 valence electrons. The quantitative estimate of drug-likeness (QED) is 0.652. The Morgan fingerprint density at radius 3 is 2.47 bits per heavy atom. The lowest BCUT2D eigenvalue weighted by atomic mass is 10.1. The van der Waals surface area contributed by atoms with Crippen molar-refractivity contribution in [2.75, 3.05) is 6.61 Å². The predicted octanol–water partition coefficient (Wildman–Crippen LogP) is 2.08. The van der Waals surface area contributed by atoms with E-state index in [2.05, 4.69) is 5.32 Å². The highest BCUT2D eigenvalue weighted by Crippen LogP contribution is 2.04. The molecule has 0 aliphatic carbocycles. The van der Waals surface area contributed by atoms with E-state index in [4.69, 9.17) is 4.74 Å². The molecule has 19 heavy (non-hydrogen) atoms. The van der Waals surface area contributed by atoms with Gasteiger partial charge < -0.3 is 10.1 Å². The number of amides is 1. The molecule has 1 N–H and O–H groups in total. The van der Waals surface area contributed by atoms with Gasteiger partial charge in [0, 0.05) is 12.1 Å². The Morgan fingerprint density at radius 1 is 1.26 bits per heavy atom. The monoisotopic (exact) mass is 261 g/mol. The van der Waals surface area contributed by atoms with Gasteiger partial charge in [0.2, 0.25) is 0 Å². The van der Waals surface area contributed by atoms with Gasteiger partial charge in [-0.15, -0.1) is 0 Å². The third kappa shape index (κ3) is 6.41. The largest absolute Gasteiger partial charge is 0.452 e.